The molecule has 16 heavy (non-hydrogen) atoms. The van der Waals surface area contributed by atoms with Gasteiger partial charge in [0.2, 0.25) is 0 Å². The van der Waals surface area contributed by atoms with Gasteiger partial charge in [-0.3, -0.25) is 4.79 Å². The van der Waals surface area contributed by atoms with Crippen LogP contribution in [0.5, 0.6) is 0 Å². The second kappa shape index (κ2) is 6.12. The molecule has 0 unspecified atom stereocenters. The van der Waals surface area contributed by atoms with Gasteiger partial charge in [-0.2, -0.15) is 0 Å². The Hall–Kier alpha value is -0.730. The molecule has 88 valence electrons. The molecule has 0 heterocycles. The van der Waals surface area contributed by atoms with E-state index in [2.05, 4.69) is 6.92 Å². The van der Waals surface area contributed by atoms with E-state index in [1.165, 1.54) is 0 Å². The van der Waals surface area contributed by atoms with Crippen LogP contribution in [0.25, 0.3) is 0 Å². The lowest BCUT2D eigenvalue weighted by atomic mass is 10.2. The predicted octanol–water partition coefficient (Wildman–Crippen LogP) is 3.87. The van der Waals surface area contributed by atoms with E-state index in [0.717, 1.165) is 19.4 Å². The van der Waals surface area contributed by atoms with Crippen molar-refractivity contribution in [1.82, 2.24) is 4.90 Å². The van der Waals surface area contributed by atoms with Crippen molar-refractivity contribution in [2.75, 3.05) is 13.6 Å². The molecule has 1 amide bonds. The van der Waals surface area contributed by atoms with E-state index in [-0.39, 0.29) is 5.91 Å². The molecule has 1 aromatic carbocycles. The van der Waals surface area contributed by atoms with Gasteiger partial charge in [-0.05, 0) is 24.6 Å². The number of hydrogen-bond acceptors (Lipinski definition) is 1. The molecule has 0 aliphatic carbocycles. The summed E-state index contributed by atoms with van der Waals surface area (Å²) < 4.78 is 0. The fourth-order valence-corrected chi connectivity index (χ4v) is 1.85. The Morgan fingerprint density at radius 2 is 2.06 bits per heavy atom. The Labute approximate surface area is 106 Å². The van der Waals surface area contributed by atoms with Gasteiger partial charge in [0.25, 0.3) is 5.91 Å². The number of benzene rings is 1. The second-order valence-electron chi connectivity index (χ2n) is 3.70. The summed E-state index contributed by atoms with van der Waals surface area (Å²) in [4.78, 5) is 13.7. The molecule has 0 fully saturated rings. The van der Waals surface area contributed by atoms with E-state index in [9.17, 15) is 4.79 Å². The Kier molecular flexibility index (Phi) is 5.10. The lowest BCUT2D eigenvalue weighted by Crippen LogP contribution is -2.27. The van der Waals surface area contributed by atoms with Gasteiger partial charge in [0.05, 0.1) is 10.6 Å². The monoisotopic (exact) mass is 259 g/mol. The maximum atomic E-state index is 12.0. The van der Waals surface area contributed by atoms with E-state index in [0.29, 0.717) is 15.6 Å². The molecule has 0 aliphatic rings. The summed E-state index contributed by atoms with van der Waals surface area (Å²) in [6, 6.07) is 4.92. The summed E-state index contributed by atoms with van der Waals surface area (Å²) in [6.45, 7) is 2.84. The van der Waals surface area contributed by atoms with Crippen LogP contribution in [0.1, 0.15) is 30.1 Å². The van der Waals surface area contributed by atoms with Crippen LogP contribution in [0.2, 0.25) is 10.0 Å². The van der Waals surface area contributed by atoms with E-state index in [4.69, 9.17) is 23.2 Å². The topological polar surface area (TPSA) is 20.3 Å². The number of carbonyl (C=O) groups is 1. The maximum absolute atomic E-state index is 12.0. The standard InChI is InChI=1S/C12H15Cl2NO/c1-3-4-7-15(2)12(16)10-6-5-9(13)8-11(10)14/h5-6,8H,3-4,7H2,1-2H3. The van der Waals surface area contributed by atoms with Crippen molar-refractivity contribution in [3.63, 3.8) is 0 Å². The Bertz CT molecular complexity index is 379. The lowest BCUT2D eigenvalue weighted by Gasteiger charge is -2.17. The fourth-order valence-electron chi connectivity index (χ4n) is 1.37. The van der Waals surface area contributed by atoms with Gasteiger partial charge in [0.15, 0.2) is 0 Å². The molecule has 0 bridgehead atoms. The molecule has 0 saturated heterocycles. The van der Waals surface area contributed by atoms with E-state index in [1.54, 1.807) is 30.1 Å². The molecule has 0 N–H and O–H groups in total. The largest absolute Gasteiger partial charge is 0.342 e. The summed E-state index contributed by atoms with van der Waals surface area (Å²) in [6.07, 6.45) is 2.05. The van der Waals surface area contributed by atoms with Gasteiger partial charge in [0.1, 0.15) is 0 Å². The quantitative estimate of drug-likeness (QED) is 0.804. The summed E-state index contributed by atoms with van der Waals surface area (Å²) in [5, 5.41) is 0.943. The molecule has 0 saturated carbocycles. The Balaban J connectivity index is 2.79. The van der Waals surface area contributed by atoms with Crippen molar-refractivity contribution in [2.45, 2.75) is 19.8 Å². The normalized spacial score (nSPS) is 10.2. The van der Waals surface area contributed by atoms with Gasteiger partial charge in [0, 0.05) is 18.6 Å². The van der Waals surface area contributed by atoms with E-state index < -0.39 is 0 Å². The van der Waals surface area contributed by atoms with Crippen LogP contribution in [0, 0.1) is 0 Å². The minimum Gasteiger partial charge on any atom is -0.342 e. The number of amides is 1. The molecule has 0 spiro atoms. The summed E-state index contributed by atoms with van der Waals surface area (Å²) in [5.74, 6) is -0.0601. The molecule has 4 heteroatoms. The summed E-state index contributed by atoms with van der Waals surface area (Å²) >= 11 is 11.7. The van der Waals surface area contributed by atoms with Crippen molar-refractivity contribution in [3.8, 4) is 0 Å². The number of hydrogen-bond donors (Lipinski definition) is 0. The highest BCUT2D eigenvalue weighted by molar-refractivity contribution is 6.36. The molecule has 1 rings (SSSR count). The predicted molar refractivity (Wildman–Crippen MR) is 68.3 cm³/mol. The lowest BCUT2D eigenvalue weighted by molar-refractivity contribution is 0.0793. The van der Waals surface area contributed by atoms with Crippen LogP contribution in [0.3, 0.4) is 0 Å². The van der Waals surface area contributed by atoms with Crippen LogP contribution >= 0.6 is 23.2 Å². The van der Waals surface area contributed by atoms with Crippen LogP contribution < -0.4 is 0 Å². The molecular formula is C12H15Cl2NO. The first-order chi connectivity index (χ1) is 7.56. The zero-order valence-corrected chi connectivity index (χ0v) is 11.0. The van der Waals surface area contributed by atoms with Crippen molar-refractivity contribution in [3.05, 3.63) is 33.8 Å². The molecule has 0 radical (unpaired) electrons. The fraction of sp³-hybridized carbons (Fsp3) is 0.417. The van der Waals surface area contributed by atoms with Crippen molar-refractivity contribution < 1.29 is 4.79 Å². The van der Waals surface area contributed by atoms with E-state index >= 15 is 0 Å². The van der Waals surface area contributed by atoms with E-state index in [1.807, 2.05) is 0 Å². The Morgan fingerprint density at radius 1 is 1.38 bits per heavy atom. The van der Waals surface area contributed by atoms with Crippen LogP contribution in [-0.2, 0) is 0 Å². The zero-order valence-electron chi connectivity index (χ0n) is 9.46. The molecule has 1 aromatic rings. The second-order valence-corrected chi connectivity index (χ2v) is 4.55. The first kappa shape index (κ1) is 13.3. The number of nitrogens with zero attached hydrogens (tertiary/aromatic N) is 1. The van der Waals surface area contributed by atoms with Gasteiger partial charge in [-0.15, -0.1) is 0 Å². The van der Waals surface area contributed by atoms with Crippen molar-refractivity contribution in [1.29, 1.82) is 0 Å². The molecular weight excluding hydrogens is 245 g/mol. The average molecular weight is 260 g/mol. The van der Waals surface area contributed by atoms with Crippen LogP contribution in [-0.4, -0.2) is 24.4 Å². The number of rotatable bonds is 4. The number of carbonyl (C=O) groups excluding carboxylic acids is 1. The Morgan fingerprint density at radius 3 is 2.62 bits per heavy atom. The summed E-state index contributed by atoms with van der Waals surface area (Å²) in [5.41, 5.74) is 0.504. The zero-order chi connectivity index (χ0) is 12.1. The molecule has 0 atom stereocenters. The third-order valence-electron chi connectivity index (χ3n) is 2.36. The molecule has 0 aromatic heterocycles. The highest BCUT2D eigenvalue weighted by Gasteiger charge is 2.14. The number of halogens is 2. The average Bonchev–Trinajstić information content (AvgIpc) is 2.25. The SMILES string of the molecule is CCCCN(C)C(=O)c1ccc(Cl)cc1Cl. The highest BCUT2D eigenvalue weighted by Crippen LogP contribution is 2.22. The third kappa shape index (κ3) is 3.39. The minimum absolute atomic E-state index is 0.0601. The first-order valence-electron chi connectivity index (χ1n) is 5.26. The molecule has 0 aliphatic heterocycles. The van der Waals surface area contributed by atoms with Crippen molar-refractivity contribution >= 4 is 29.1 Å². The van der Waals surface area contributed by atoms with Gasteiger partial charge in [-0.1, -0.05) is 36.5 Å². The van der Waals surface area contributed by atoms with Gasteiger partial charge in [-0.25, -0.2) is 0 Å². The third-order valence-corrected chi connectivity index (χ3v) is 2.90. The van der Waals surface area contributed by atoms with Gasteiger partial charge >= 0.3 is 0 Å². The molecule has 2 nitrogen and oxygen atoms in total. The first-order valence-corrected chi connectivity index (χ1v) is 6.02. The highest BCUT2D eigenvalue weighted by atomic mass is 35.5. The summed E-state index contributed by atoms with van der Waals surface area (Å²) in [7, 11) is 1.78. The van der Waals surface area contributed by atoms with Gasteiger partial charge < -0.3 is 4.90 Å². The minimum atomic E-state index is -0.0601. The smallest absolute Gasteiger partial charge is 0.255 e. The van der Waals surface area contributed by atoms with Crippen molar-refractivity contribution in [2.24, 2.45) is 0 Å². The maximum Gasteiger partial charge on any atom is 0.255 e. The van der Waals surface area contributed by atoms with Crippen LogP contribution in [0.4, 0.5) is 0 Å². The number of unbranched alkanes of at least 4 members (excludes halogenated alkanes) is 1. The van der Waals surface area contributed by atoms with Crippen LogP contribution in [0.15, 0.2) is 18.2 Å².